The van der Waals surface area contributed by atoms with Crippen LogP contribution in [0, 0.1) is 6.92 Å². The fourth-order valence-corrected chi connectivity index (χ4v) is 7.35. The lowest BCUT2D eigenvalue weighted by atomic mass is 10.0. The number of nitrogens with zero attached hydrogens (tertiary/aromatic N) is 4. The van der Waals surface area contributed by atoms with E-state index in [1.807, 2.05) is 13.0 Å². The van der Waals surface area contributed by atoms with Gasteiger partial charge in [-0.05, 0) is 18.4 Å². The summed E-state index contributed by atoms with van der Waals surface area (Å²) in [5, 5.41) is 9.39. The first kappa shape index (κ1) is 32.4. The molecule has 1 saturated heterocycles. The van der Waals surface area contributed by atoms with Gasteiger partial charge in [-0.3, -0.25) is 19.3 Å². The van der Waals surface area contributed by atoms with Gasteiger partial charge in [-0.1, -0.05) is 16.9 Å². The molecule has 1 unspecified atom stereocenters. The molecule has 2 aromatic heterocycles. The molecule has 0 aliphatic carbocycles. The summed E-state index contributed by atoms with van der Waals surface area (Å²) in [5.74, 6) is -2.31. The number of aryl methyl sites for hydroxylation is 1. The topological polar surface area (TPSA) is 175 Å². The highest BCUT2D eigenvalue weighted by atomic mass is 35.5. The first-order valence-electron chi connectivity index (χ1n) is 11.5. The number of halogens is 1. The van der Waals surface area contributed by atoms with E-state index in [1.54, 1.807) is 16.3 Å². The summed E-state index contributed by atoms with van der Waals surface area (Å²) in [5.41, 5.74) is 8.36. The van der Waals surface area contributed by atoms with Crippen molar-refractivity contribution in [3.8, 4) is 0 Å². The summed E-state index contributed by atoms with van der Waals surface area (Å²) < 4.78 is 10.2. The number of esters is 2. The second kappa shape index (κ2) is 14.2. The van der Waals surface area contributed by atoms with Crippen molar-refractivity contribution in [2.45, 2.75) is 38.5 Å². The number of aromatic nitrogens is 2. The standard InChI is InChI=1S/C23H24N6O7S4.ClH/c1-10-14(40-9-25-10)5-6-37-15-8-38-21-17(27-19(31)16(28-34-4)13-7-39-23(24)26-13)20(32)29(21)18(15)22(33)36-12(3)35-11(2)30;/h5-7,9,12,17,21H,8H2,1-4H3,(H2,24,26)(H,27,31);1H/b6-5-,28-16-;/t12?,17-,21-;/m1./s1. The van der Waals surface area contributed by atoms with E-state index >= 15 is 0 Å². The largest absolute Gasteiger partial charge is 0.426 e. The highest BCUT2D eigenvalue weighted by molar-refractivity contribution is 8.08. The van der Waals surface area contributed by atoms with Crippen LogP contribution in [0.4, 0.5) is 5.13 Å². The number of ether oxygens (including phenoxy) is 2. The number of oxime groups is 1. The summed E-state index contributed by atoms with van der Waals surface area (Å²) in [6.45, 7) is 4.48. The summed E-state index contributed by atoms with van der Waals surface area (Å²) in [7, 11) is 1.28. The molecule has 2 aliphatic rings. The van der Waals surface area contributed by atoms with Gasteiger partial charge in [0.15, 0.2) is 10.8 Å². The molecule has 1 fully saturated rings. The van der Waals surface area contributed by atoms with Crippen LogP contribution in [0.3, 0.4) is 0 Å². The number of nitrogens with two attached hydrogens (primary N) is 1. The first-order valence-corrected chi connectivity index (χ1v) is 15.2. The number of carbonyl (C=O) groups excluding carboxylic acids is 4. The van der Waals surface area contributed by atoms with Crippen molar-refractivity contribution in [2.24, 2.45) is 5.16 Å². The minimum atomic E-state index is -1.17. The van der Waals surface area contributed by atoms with Gasteiger partial charge in [0, 0.05) is 29.9 Å². The number of fused-ring (bicyclic) bond motifs is 1. The zero-order valence-corrected chi connectivity index (χ0v) is 26.1. The number of thioether (sulfide) groups is 2. The highest BCUT2D eigenvalue weighted by Crippen LogP contribution is 2.44. The number of nitrogens with one attached hydrogen (secondary N) is 1. The van der Waals surface area contributed by atoms with E-state index in [0.29, 0.717) is 10.7 Å². The van der Waals surface area contributed by atoms with E-state index in [4.69, 9.17) is 20.0 Å². The minimum absolute atomic E-state index is 0. The van der Waals surface area contributed by atoms with Crippen LogP contribution in [0.25, 0.3) is 6.08 Å². The number of hydrogen-bond acceptors (Lipinski definition) is 15. The number of β-lactam (4-membered cyclic amide) rings is 1. The van der Waals surface area contributed by atoms with Gasteiger partial charge in [0.1, 0.15) is 29.9 Å². The van der Waals surface area contributed by atoms with Crippen LogP contribution in [0.5, 0.6) is 0 Å². The monoisotopic (exact) mass is 660 g/mol. The lowest BCUT2D eigenvalue weighted by Gasteiger charge is -2.49. The molecule has 41 heavy (non-hydrogen) atoms. The molecule has 0 aromatic carbocycles. The van der Waals surface area contributed by atoms with E-state index in [9.17, 15) is 19.2 Å². The maximum Gasteiger partial charge on any atom is 0.359 e. The lowest BCUT2D eigenvalue weighted by Crippen LogP contribution is -2.71. The number of amides is 2. The molecule has 3 N–H and O–H groups in total. The van der Waals surface area contributed by atoms with Crippen molar-refractivity contribution < 1.29 is 33.5 Å². The number of anilines is 1. The second-order valence-electron chi connectivity index (χ2n) is 8.13. The molecule has 2 aromatic rings. The average molecular weight is 661 g/mol. The molecule has 4 heterocycles. The zero-order valence-electron chi connectivity index (χ0n) is 22.0. The van der Waals surface area contributed by atoms with Crippen LogP contribution in [0.15, 0.2) is 32.1 Å². The van der Waals surface area contributed by atoms with Gasteiger partial charge in [-0.2, -0.15) is 0 Å². The summed E-state index contributed by atoms with van der Waals surface area (Å²) in [4.78, 5) is 66.7. The Balaban J connectivity index is 0.00000462. The van der Waals surface area contributed by atoms with Crippen LogP contribution < -0.4 is 11.1 Å². The Labute approximate surface area is 257 Å². The van der Waals surface area contributed by atoms with Crippen molar-refractivity contribution >= 4 is 99.3 Å². The third-order valence-electron chi connectivity index (χ3n) is 5.39. The molecule has 3 atom stereocenters. The lowest BCUT2D eigenvalue weighted by molar-refractivity contribution is -0.182. The van der Waals surface area contributed by atoms with Crippen LogP contribution >= 0.6 is 58.6 Å². The Bertz CT molecular complexity index is 1420. The van der Waals surface area contributed by atoms with E-state index < -0.39 is 41.5 Å². The quantitative estimate of drug-likeness (QED) is 0.125. The van der Waals surface area contributed by atoms with Crippen molar-refractivity contribution in [1.82, 2.24) is 20.2 Å². The van der Waals surface area contributed by atoms with Crippen molar-refractivity contribution in [3.63, 3.8) is 0 Å². The maximum atomic E-state index is 13.3. The number of carbonyl (C=O) groups is 4. The van der Waals surface area contributed by atoms with Crippen molar-refractivity contribution in [3.05, 3.63) is 43.2 Å². The molecule has 2 aliphatic heterocycles. The Morgan fingerprint density at radius 1 is 1.32 bits per heavy atom. The molecule has 0 bridgehead atoms. The number of thiazole rings is 2. The fraction of sp³-hybridized carbons (Fsp3) is 0.348. The van der Waals surface area contributed by atoms with Gasteiger partial charge in [-0.15, -0.1) is 46.8 Å². The van der Waals surface area contributed by atoms with Gasteiger partial charge < -0.3 is 25.4 Å². The van der Waals surface area contributed by atoms with Gasteiger partial charge in [0.05, 0.1) is 16.1 Å². The molecular weight excluding hydrogens is 636 g/mol. The third kappa shape index (κ3) is 7.40. The Morgan fingerprint density at radius 2 is 2.07 bits per heavy atom. The molecule has 2 amide bonds. The van der Waals surface area contributed by atoms with Crippen molar-refractivity contribution in [2.75, 3.05) is 18.6 Å². The molecule has 0 radical (unpaired) electrons. The minimum Gasteiger partial charge on any atom is -0.426 e. The molecule has 0 saturated carbocycles. The smallest absolute Gasteiger partial charge is 0.359 e. The molecule has 18 heteroatoms. The van der Waals surface area contributed by atoms with Gasteiger partial charge in [0.2, 0.25) is 6.29 Å². The Hall–Kier alpha value is -3.12. The second-order valence-corrected chi connectivity index (χ2v) is 12.0. The average Bonchev–Trinajstić information content (AvgIpc) is 3.52. The van der Waals surface area contributed by atoms with Crippen LogP contribution in [0.2, 0.25) is 0 Å². The van der Waals surface area contributed by atoms with E-state index in [0.717, 1.165) is 21.9 Å². The number of hydrogen-bond donors (Lipinski definition) is 2. The Morgan fingerprint density at radius 3 is 2.68 bits per heavy atom. The van der Waals surface area contributed by atoms with Gasteiger partial charge in [-0.25, -0.2) is 14.8 Å². The van der Waals surface area contributed by atoms with Crippen LogP contribution in [-0.2, 0) is 33.5 Å². The molecule has 13 nitrogen and oxygen atoms in total. The summed E-state index contributed by atoms with van der Waals surface area (Å²) >= 11 is 5.23. The Kier molecular flexibility index (Phi) is 11.2. The van der Waals surface area contributed by atoms with E-state index in [2.05, 4.69) is 20.4 Å². The predicted octanol–water partition coefficient (Wildman–Crippen LogP) is 2.73. The fourth-order valence-electron chi connectivity index (χ4n) is 3.69. The molecular formula is C23H25ClN6O7S4. The van der Waals surface area contributed by atoms with E-state index in [1.165, 1.54) is 60.7 Å². The molecule has 220 valence electrons. The third-order valence-corrected chi connectivity index (χ3v) is 9.32. The number of nitrogen functional groups attached to an aromatic ring is 1. The van der Waals surface area contributed by atoms with E-state index in [-0.39, 0.29) is 34.6 Å². The highest BCUT2D eigenvalue weighted by Gasteiger charge is 2.55. The van der Waals surface area contributed by atoms with Crippen molar-refractivity contribution in [1.29, 1.82) is 0 Å². The molecule has 0 spiro atoms. The first-order chi connectivity index (χ1) is 19.1. The van der Waals surface area contributed by atoms with Gasteiger partial charge >= 0.3 is 11.9 Å². The zero-order chi connectivity index (χ0) is 29.0. The van der Waals surface area contributed by atoms with Gasteiger partial charge in [0.25, 0.3) is 11.8 Å². The predicted molar refractivity (Wildman–Crippen MR) is 160 cm³/mol. The van der Waals surface area contributed by atoms with Crippen LogP contribution in [0.1, 0.15) is 30.1 Å². The normalized spacial score (nSPS) is 19.2. The summed E-state index contributed by atoms with van der Waals surface area (Å²) in [6, 6.07) is -0.953. The number of rotatable bonds is 10. The SMILES string of the molecule is CO/N=C(\C(=O)N[C@@H]1C(=O)N2C(C(=O)OC(C)OC(C)=O)=C(S/C=C\c3scnc3C)CS[C@H]12)c1csc(N)n1.Cl. The van der Waals surface area contributed by atoms with Crippen LogP contribution in [-0.4, -0.2) is 74.9 Å². The summed E-state index contributed by atoms with van der Waals surface area (Å²) in [6.07, 6.45) is 0.701. The molecule has 4 rings (SSSR count). The maximum absolute atomic E-state index is 13.3.